The topological polar surface area (TPSA) is 101 Å². The SMILES string of the molecule is CC(C)c1cnn2c(NCc3ccccc3-c3nccc4cc(CC(=O)/C=C/CN(C)C)ccc34)nc(N3C[C@H]4CC[C@@H](C3)O4)nc12. The van der Waals surface area contributed by atoms with Gasteiger partial charge in [-0.05, 0) is 61.5 Å². The highest BCUT2D eigenvalue weighted by atomic mass is 16.5. The number of hydrogen-bond donors (Lipinski definition) is 1. The molecule has 0 spiro atoms. The number of carbonyl (C=O) groups is 1. The third-order valence-corrected chi connectivity index (χ3v) is 9.02. The van der Waals surface area contributed by atoms with E-state index in [0.717, 1.165) is 76.8 Å². The standard InChI is InChI=1S/C37H42N8O2/c1-24(2)33-21-40-45-35(33)41-37(44-22-29-12-13-30(23-44)47-29)42-36(45)39-20-27-8-5-6-10-31(27)34-32-14-11-25(18-26(32)15-16-38-34)19-28(46)9-7-17-43(3)4/h5-11,14-16,18,21,24,29-30H,12-13,17,19-20,22-23H2,1-4H3,(H,39,41,42)/b9-7+/t29-,30+. The normalized spacial score (nSPS) is 18.0. The van der Waals surface area contributed by atoms with Crippen molar-refractivity contribution in [3.63, 3.8) is 0 Å². The van der Waals surface area contributed by atoms with Crippen molar-refractivity contribution >= 4 is 34.1 Å². The first-order chi connectivity index (χ1) is 22.8. The zero-order chi connectivity index (χ0) is 32.5. The van der Waals surface area contributed by atoms with Gasteiger partial charge in [0.2, 0.25) is 11.9 Å². The smallest absolute Gasteiger partial charge is 0.230 e. The van der Waals surface area contributed by atoms with Gasteiger partial charge in [0, 0.05) is 55.3 Å². The number of nitrogens with one attached hydrogen (secondary N) is 1. The number of rotatable bonds is 11. The Morgan fingerprint density at radius 1 is 1.09 bits per heavy atom. The number of carbonyl (C=O) groups excluding carboxylic acids is 1. The molecular weight excluding hydrogens is 588 g/mol. The second kappa shape index (κ2) is 13.2. The van der Waals surface area contributed by atoms with Crippen LogP contribution in [0.5, 0.6) is 0 Å². The van der Waals surface area contributed by atoms with Gasteiger partial charge in [0.25, 0.3) is 0 Å². The number of fused-ring (bicyclic) bond motifs is 4. The average Bonchev–Trinajstić information content (AvgIpc) is 3.65. The lowest BCUT2D eigenvalue weighted by Crippen LogP contribution is -2.43. The molecule has 0 aliphatic carbocycles. The molecule has 10 heteroatoms. The number of ether oxygens (including phenoxy) is 1. The van der Waals surface area contributed by atoms with Crippen molar-refractivity contribution in [3.8, 4) is 11.3 Å². The minimum absolute atomic E-state index is 0.0950. The Bertz CT molecular complexity index is 1940. The average molecular weight is 631 g/mol. The minimum Gasteiger partial charge on any atom is -0.371 e. The van der Waals surface area contributed by atoms with Crippen LogP contribution in [0, 0.1) is 0 Å². The molecule has 3 aromatic heterocycles. The second-order valence-corrected chi connectivity index (χ2v) is 13.2. The highest BCUT2D eigenvalue weighted by Crippen LogP contribution is 2.32. The van der Waals surface area contributed by atoms with Gasteiger partial charge in [0.15, 0.2) is 11.4 Å². The summed E-state index contributed by atoms with van der Waals surface area (Å²) in [6.07, 6.45) is 10.4. The van der Waals surface area contributed by atoms with Gasteiger partial charge < -0.3 is 19.9 Å². The van der Waals surface area contributed by atoms with Crippen LogP contribution in [0.3, 0.4) is 0 Å². The van der Waals surface area contributed by atoms with Crippen molar-refractivity contribution < 1.29 is 9.53 Å². The predicted molar refractivity (Wildman–Crippen MR) is 186 cm³/mol. The number of hydrogen-bond acceptors (Lipinski definition) is 9. The summed E-state index contributed by atoms with van der Waals surface area (Å²) in [5.41, 5.74) is 5.95. The van der Waals surface area contributed by atoms with Crippen LogP contribution in [0.15, 0.2) is 73.1 Å². The molecule has 2 aromatic carbocycles. The Hall–Kier alpha value is -4.67. The summed E-state index contributed by atoms with van der Waals surface area (Å²) in [4.78, 5) is 31.7. The van der Waals surface area contributed by atoms with E-state index in [-0.39, 0.29) is 23.9 Å². The van der Waals surface area contributed by atoms with Crippen LogP contribution in [-0.2, 0) is 22.5 Å². The number of aromatic nitrogens is 5. The highest BCUT2D eigenvalue weighted by molar-refractivity contribution is 5.97. The van der Waals surface area contributed by atoms with Crippen molar-refractivity contribution in [2.24, 2.45) is 0 Å². The number of likely N-dealkylation sites (N-methyl/N-ethyl adjacent to an activating group) is 1. The van der Waals surface area contributed by atoms with Crippen LogP contribution in [0.25, 0.3) is 27.7 Å². The summed E-state index contributed by atoms with van der Waals surface area (Å²) < 4.78 is 7.92. The number of ketones is 1. The van der Waals surface area contributed by atoms with E-state index in [1.807, 2.05) is 60.2 Å². The molecule has 2 atom stereocenters. The third kappa shape index (κ3) is 6.61. The maximum absolute atomic E-state index is 12.6. The summed E-state index contributed by atoms with van der Waals surface area (Å²) in [6, 6.07) is 16.6. The number of nitrogens with zero attached hydrogens (tertiary/aromatic N) is 7. The fourth-order valence-corrected chi connectivity index (χ4v) is 6.61. The maximum atomic E-state index is 12.6. The quantitative estimate of drug-likeness (QED) is 0.185. The molecule has 5 heterocycles. The van der Waals surface area contributed by atoms with E-state index >= 15 is 0 Å². The lowest BCUT2D eigenvalue weighted by molar-refractivity contribution is -0.114. The zero-order valence-corrected chi connectivity index (χ0v) is 27.6. The molecule has 1 N–H and O–H groups in total. The molecule has 10 nitrogen and oxygen atoms in total. The molecule has 2 aliphatic rings. The van der Waals surface area contributed by atoms with Gasteiger partial charge in [0.05, 0.1) is 24.1 Å². The number of allylic oxidation sites excluding steroid dienone is 1. The van der Waals surface area contributed by atoms with Crippen molar-refractivity contribution in [1.82, 2.24) is 29.5 Å². The Morgan fingerprint density at radius 2 is 1.89 bits per heavy atom. The maximum Gasteiger partial charge on any atom is 0.230 e. The summed E-state index contributed by atoms with van der Waals surface area (Å²) in [6.45, 7) is 7.20. The van der Waals surface area contributed by atoms with Crippen LogP contribution in [0.4, 0.5) is 11.9 Å². The zero-order valence-electron chi connectivity index (χ0n) is 27.6. The van der Waals surface area contributed by atoms with Crippen molar-refractivity contribution in [3.05, 3.63) is 89.8 Å². The van der Waals surface area contributed by atoms with Crippen LogP contribution < -0.4 is 10.2 Å². The van der Waals surface area contributed by atoms with Crippen LogP contribution >= 0.6 is 0 Å². The largest absolute Gasteiger partial charge is 0.371 e. The molecule has 2 saturated heterocycles. The fraction of sp³-hybridized carbons (Fsp3) is 0.378. The Labute approximate surface area is 275 Å². The number of anilines is 2. The first-order valence-electron chi connectivity index (χ1n) is 16.5. The summed E-state index contributed by atoms with van der Waals surface area (Å²) in [5.74, 6) is 1.75. The summed E-state index contributed by atoms with van der Waals surface area (Å²) >= 11 is 0. The van der Waals surface area contributed by atoms with Crippen molar-refractivity contribution in [2.45, 2.75) is 57.8 Å². The van der Waals surface area contributed by atoms with Crippen LogP contribution in [0.1, 0.15) is 49.3 Å². The van der Waals surface area contributed by atoms with Crippen molar-refractivity contribution in [2.75, 3.05) is 43.9 Å². The number of benzene rings is 2. The van der Waals surface area contributed by atoms with Gasteiger partial charge in [-0.2, -0.15) is 19.6 Å². The summed E-state index contributed by atoms with van der Waals surface area (Å²) in [7, 11) is 3.97. The Morgan fingerprint density at radius 3 is 2.68 bits per heavy atom. The molecule has 0 radical (unpaired) electrons. The Kier molecular flexibility index (Phi) is 8.70. The first kappa shape index (κ1) is 31.0. The van der Waals surface area contributed by atoms with Gasteiger partial charge in [-0.3, -0.25) is 9.78 Å². The second-order valence-electron chi connectivity index (χ2n) is 13.2. The molecule has 0 amide bonds. The van der Waals surface area contributed by atoms with E-state index in [4.69, 9.17) is 24.8 Å². The molecule has 7 rings (SSSR count). The lowest BCUT2D eigenvalue weighted by Gasteiger charge is -2.32. The first-order valence-corrected chi connectivity index (χ1v) is 16.5. The van der Waals surface area contributed by atoms with Gasteiger partial charge in [-0.1, -0.05) is 62.4 Å². The van der Waals surface area contributed by atoms with Crippen LogP contribution in [-0.4, -0.2) is 81.2 Å². The molecule has 2 aliphatic heterocycles. The molecule has 242 valence electrons. The van der Waals surface area contributed by atoms with E-state index in [9.17, 15) is 4.79 Å². The van der Waals surface area contributed by atoms with E-state index in [0.29, 0.717) is 24.9 Å². The molecular formula is C37H42N8O2. The van der Waals surface area contributed by atoms with Gasteiger partial charge in [0.1, 0.15) is 0 Å². The molecule has 2 bridgehead atoms. The predicted octanol–water partition coefficient (Wildman–Crippen LogP) is 5.67. The molecule has 47 heavy (non-hydrogen) atoms. The van der Waals surface area contributed by atoms with E-state index < -0.39 is 0 Å². The minimum atomic E-state index is 0.0950. The van der Waals surface area contributed by atoms with E-state index in [1.165, 1.54) is 0 Å². The highest BCUT2D eigenvalue weighted by Gasteiger charge is 2.35. The van der Waals surface area contributed by atoms with Gasteiger partial charge >= 0.3 is 0 Å². The van der Waals surface area contributed by atoms with Gasteiger partial charge in [-0.15, -0.1) is 0 Å². The molecule has 0 saturated carbocycles. The van der Waals surface area contributed by atoms with Gasteiger partial charge in [-0.25, -0.2) is 0 Å². The fourth-order valence-electron chi connectivity index (χ4n) is 6.61. The van der Waals surface area contributed by atoms with E-state index in [1.54, 1.807) is 6.08 Å². The number of morpholine rings is 1. The third-order valence-electron chi connectivity index (χ3n) is 9.02. The molecule has 0 unspecified atom stereocenters. The molecule has 5 aromatic rings. The Balaban J connectivity index is 1.17. The summed E-state index contributed by atoms with van der Waals surface area (Å²) in [5, 5.41) is 10.4. The number of pyridine rings is 1. The van der Waals surface area contributed by atoms with E-state index in [2.05, 4.69) is 54.4 Å². The monoisotopic (exact) mass is 630 g/mol. The lowest BCUT2D eigenvalue weighted by atomic mass is 9.97. The van der Waals surface area contributed by atoms with Crippen molar-refractivity contribution in [1.29, 1.82) is 0 Å². The molecule has 2 fully saturated rings. The van der Waals surface area contributed by atoms with Crippen LogP contribution in [0.2, 0.25) is 0 Å².